The van der Waals surface area contributed by atoms with Gasteiger partial charge in [0, 0.05) is 26.6 Å². The summed E-state index contributed by atoms with van der Waals surface area (Å²) in [6.07, 6.45) is 4.93. The van der Waals surface area contributed by atoms with Gasteiger partial charge in [-0.25, -0.2) is 0 Å². The Balaban J connectivity index is 0.00000112. The standard InChI is InChI=1S/C12H14O2.Pt/c1-14-10-6-7-11-9(8-10)4-2-3-5-12(11)13;/h5-8,13H,2-4H2,1H3;. The summed E-state index contributed by atoms with van der Waals surface area (Å²) in [5.41, 5.74) is 2.12. The Kier molecular flexibility index (Phi) is 4.41. The van der Waals surface area contributed by atoms with E-state index >= 15 is 0 Å². The summed E-state index contributed by atoms with van der Waals surface area (Å²) in [5, 5.41) is 9.73. The molecule has 0 fully saturated rings. The average molecular weight is 385 g/mol. The molecule has 0 unspecified atom stereocenters. The fourth-order valence-electron chi connectivity index (χ4n) is 1.80. The molecule has 0 amide bonds. The van der Waals surface area contributed by atoms with Gasteiger partial charge >= 0.3 is 0 Å². The van der Waals surface area contributed by atoms with Gasteiger partial charge in [0.25, 0.3) is 0 Å². The summed E-state index contributed by atoms with van der Waals surface area (Å²) in [6, 6.07) is 5.81. The first kappa shape index (κ1) is 12.3. The van der Waals surface area contributed by atoms with Crippen molar-refractivity contribution in [3.8, 4) is 5.75 Å². The normalized spacial score (nSPS) is 14.3. The maximum Gasteiger partial charge on any atom is 0.119 e. The Bertz CT molecular complexity index is 372. The summed E-state index contributed by atoms with van der Waals surface area (Å²) in [6.45, 7) is 0. The van der Waals surface area contributed by atoms with E-state index in [2.05, 4.69) is 0 Å². The Labute approximate surface area is 104 Å². The molecule has 1 aliphatic carbocycles. The summed E-state index contributed by atoms with van der Waals surface area (Å²) < 4.78 is 5.16. The van der Waals surface area contributed by atoms with E-state index in [-0.39, 0.29) is 21.1 Å². The Hall–Kier alpha value is -0.752. The maximum atomic E-state index is 9.73. The van der Waals surface area contributed by atoms with E-state index in [1.165, 1.54) is 5.56 Å². The van der Waals surface area contributed by atoms with Gasteiger partial charge in [-0.15, -0.1) is 0 Å². The van der Waals surface area contributed by atoms with E-state index < -0.39 is 0 Å². The number of allylic oxidation sites excluding steroid dienone is 1. The minimum Gasteiger partial charge on any atom is -0.508 e. The van der Waals surface area contributed by atoms with Crippen LogP contribution in [0.25, 0.3) is 5.76 Å². The van der Waals surface area contributed by atoms with Crippen molar-refractivity contribution in [2.75, 3.05) is 7.11 Å². The van der Waals surface area contributed by atoms with Crippen molar-refractivity contribution in [3.63, 3.8) is 0 Å². The van der Waals surface area contributed by atoms with Gasteiger partial charge in [-0.2, -0.15) is 0 Å². The number of rotatable bonds is 1. The topological polar surface area (TPSA) is 29.5 Å². The predicted octanol–water partition coefficient (Wildman–Crippen LogP) is 2.93. The minimum absolute atomic E-state index is 0. The van der Waals surface area contributed by atoms with Gasteiger partial charge in [-0.05, 0) is 49.1 Å². The molecule has 0 radical (unpaired) electrons. The number of aliphatic hydroxyl groups is 1. The number of hydrogen-bond acceptors (Lipinski definition) is 2. The van der Waals surface area contributed by atoms with Crippen LogP contribution in [0.2, 0.25) is 0 Å². The van der Waals surface area contributed by atoms with Gasteiger partial charge in [-0.1, -0.05) is 0 Å². The monoisotopic (exact) mass is 385 g/mol. The minimum atomic E-state index is 0. The van der Waals surface area contributed by atoms with Crippen LogP contribution in [0.3, 0.4) is 0 Å². The second kappa shape index (κ2) is 5.36. The third-order valence-corrected chi connectivity index (χ3v) is 2.58. The summed E-state index contributed by atoms with van der Waals surface area (Å²) >= 11 is 0. The predicted molar refractivity (Wildman–Crippen MR) is 56.5 cm³/mol. The fraction of sp³-hybridized carbons (Fsp3) is 0.333. The zero-order chi connectivity index (χ0) is 9.97. The van der Waals surface area contributed by atoms with E-state index in [4.69, 9.17) is 4.74 Å². The molecule has 1 N–H and O–H groups in total. The molecule has 0 spiro atoms. The molecule has 1 aliphatic rings. The maximum absolute atomic E-state index is 9.73. The van der Waals surface area contributed by atoms with Gasteiger partial charge in [0.05, 0.1) is 7.11 Å². The molecule has 0 saturated carbocycles. The second-order valence-corrected chi connectivity index (χ2v) is 3.50. The summed E-state index contributed by atoms with van der Waals surface area (Å²) in [4.78, 5) is 0. The van der Waals surface area contributed by atoms with Gasteiger partial charge in [0.15, 0.2) is 0 Å². The van der Waals surface area contributed by atoms with Crippen LogP contribution in [-0.2, 0) is 27.5 Å². The molecule has 2 nitrogen and oxygen atoms in total. The van der Waals surface area contributed by atoms with Gasteiger partial charge in [0.2, 0.25) is 0 Å². The van der Waals surface area contributed by atoms with Crippen LogP contribution in [-0.4, -0.2) is 12.2 Å². The molecule has 1 aromatic carbocycles. The molecule has 0 saturated heterocycles. The van der Waals surface area contributed by atoms with Crippen LogP contribution in [0.4, 0.5) is 0 Å². The number of aliphatic hydroxyl groups excluding tert-OH is 1. The van der Waals surface area contributed by atoms with E-state index in [0.717, 1.165) is 30.6 Å². The molecule has 84 valence electrons. The van der Waals surface area contributed by atoms with Gasteiger partial charge in [0.1, 0.15) is 11.5 Å². The third kappa shape index (κ3) is 2.63. The second-order valence-electron chi connectivity index (χ2n) is 3.50. The molecule has 0 atom stereocenters. The van der Waals surface area contributed by atoms with Crippen molar-refractivity contribution in [1.82, 2.24) is 0 Å². The van der Waals surface area contributed by atoms with Crippen LogP contribution in [0.15, 0.2) is 24.3 Å². The van der Waals surface area contributed by atoms with Crippen molar-refractivity contribution in [2.45, 2.75) is 19.3 Å². The van der Waals surface area contributed by atoms with Gasteiger partial charge < -0.3 is 9.84 Å². The molecular weight excluding hydrogens is 371 g/mol. The number of aryl methyl sites for hydroxylation is 1. The van der Waals surface area contributed by atoms with E-state index in [1.54, 1.807) is 7.11 Å². The molecular formula is C12H14O2Pt. The van der Waals surface area contributed by atoms with Crippen LogP contribution in [0.5, 0.6) is 5.75 Å². The molecule has 3 heteroatoms. The van der Waals surface area contributed by atoms with Crippen LogP contribution in [0.1, 0.15) is 24.0 Å². The Morgan fingerprint density at radius 3 is 2.87 bits per heavy atom. The van der Waals surface area contributed by atoms with E-state index in [1.807, 2.05) is 24.3 Å². The number of benzene rings is 1. The number of ether oxygens (including phenoxy) is 1. The van der Waals surface area contributed by atoms with Crippen molar-refractivity contribution in [1.29, 1.82) is 0 Å². The fourth-order valence-corrected chi connectivity index (χ4v) is 1.80. The Morgan fingerprint density at radius 1 is 1.33 bits per heavy atom. The molecule has 2 rings (SSSR count). The number of fused-ring (bicyclic) bond motifs is 1. The van der Waals surface area contributed by atoms with Crippen molar-refractivity contribution >= 4 is 5.76 Å². The molecule has 15 heavy (non-hydrogen) atoms. The first-order chi connectivity index (χ1) is 6.81. The Morgan fingerprint density at radius 2 is 2.13 bits per heavy atom. The summed E-state index contributed by atoms with van der Waals surface area (Å²) in [5.74, 6) is 1.26. The molecule has 0 heterocycles. The van der Waals surface area contributed by atoms with Crippen LogP contribution in [0, 0.1) is 0 Å². The first-order valence-corrected chi connectivity index (χ1v) is 4.87. The van der Waals surface area contributed by atoms with Crippen molar-refractivity contribution in [3.05, 3.63) is 35.4 Å². The molecule has 0 aromatic heterocycles. The molecule has 0 aliphatic heterocycles. The SMILES string of the molecule is COc1ccc2c(c1)CCCC=C2O.[Pt]. The largest absolute Gasteiger partial charge is 0.508 e. The van der Waals surface area contributed by atoms with Gasteiger partial charge in [-0.3, -0.25) is 0 Å². The summed E-state index contributed by atoms with van der Waals surface area (Å²) in [7, 11) is 1.66. The quantitative estimate of drug-likeness (QED) is 0.806. The zero-order valence-corrected chi connectivity index (χ0v) is 10.9. The number of methoxy groups -OCH3 is 1. The third-order valence-electron chi connectivity index (χ3n) is 2.58. The smallest absolute Gasteiger partial charge is 0.119 e. The van der Waals surface area contributed by atoms with Crippen molar-refractivity contribution < 1.29 is 30.9 Å². The average Bonchev–Trinajstić information content (AvgIpc) is 2.40. The molecule has 1 aromatic rings. The van der Waals surface area contributed by atoms with E-state index in [9.17, 15) is 5.11 Å². The van der Waals surface area contributed by atoms with Crippen LogP contribution < -0.4 is 4.74 Å². The molecule has 0 bridgehead atoms. The zero-order valence-electron chi connectivity index (χ0n) is 8.60. The van der Waals surface area contributed by atoms with E-state index in [0.29, 0.717) is 5.76 Å². The van der Waals surface area contributed by atoms with Crippen LogP contribution >= 0.6 is 0 Å². The van der Waals surface area contributed by atoms with Crippen molar-refractivity contribution in [2.24, 2.45) is 0 Å². The first-order valence-electron chi connectivity index (χ1n) is 4.87. The number of hydrogen-bond donors (Lipinski definition) is 1.